The van der Waals surface area contributed by atoms with Crippen molar-refractivity contribution in [3.8, 4) is 23.0 Å². The number of halogens is 6. The Labute approximate surface area is 711 Å². The van der Waals surface area contributed by atoms with Gasteiger partial charge < -0.3 is 41.7 Å². The number of aliphatic imine (C=N–C) groups is 4. The van der Waals surface area contributed by atoms with Gasteiger partial charge in [0.2, 0.25) is 23.6 Å². The number of phenols is 4. The topological polar surface area (TPSA) is 247 Å². The van der Waals surface area contributed by atoms with Crippen LogP contribution in [0.2, 0.25) is 25.1 Å². The highest BCUT2D eigenvalue weighted by Gasteiger charge is 2.33. The fourth-order valence-electron chi connectivity index (χ4n) is 14.1. The molecule has 0 aromatic heterocycles. The van der Waals surface area contributed by atoms with E-state index in [0.29, 0.717) is 102 Å². The molecule has 0 spiro atoms. The number of rotatable bonds is 13. The summed E-state index contributed by atoms with van der Waals surface area (Å²) in [6.07, 6.45) is 1.82. The minimum Gasteiger partial charge on any atom is -0.508 e. The quantitative estimate of drug-likeness (QED) is 0.0550. The van der Waals surface area contributed by atoms with E-state index in [1.54, 1.807) is 164 Å². The van der Waals surface area contributed by atoms with Gasteiger partial charge in [0, 0.05) is 99.8 Å². The number of aromatic hydroxyl groups is 4. The van der Waals surface area contributed by atoms with Crippen LogP contribution < -0.4 is 21.3 Å². The van der Waals surface area contributed by atoms with Gasteiger partial charge in [-0.15, -0.1) is 0 Å². The predicted octanol–water partition coefficient (Wildman–Crippen LogP) is 21.6. The molecule has 4 unspecified atom stereocenters. The summed E-state index contributed by atoms with van der Waals surface area (Å²) >= 11 is 34.8. The maximum Gasteiger partial charge on any atom is 0.249 e. The van der Waals surface area contributed by atoms with Gasteiger partial charge in [-0.05, 0) is 227 Å². The number of benzene rings is 12. The van der Waals surface area contributed by atoms with Crippen molar-refractivity contribution in [3.05, 3.63) is 374 Å². The third-order valence-electron chi connectivity index (χ3n) is 20.0. The normalized spacial score (nSPS) is 16.0. The molecule has 0 bridgehead atoms. The van der Waals surface area contributed by atoms with Crippen LogP contribution in [0.5, 0.6) is 23.0 Å². The van der Waals surface area contributed by atoms with Crippen molar-refractivity contribution in [2.75, 3.05) is 21.3 Å². The number of nitrogens with zero attached hydrogens (tertiary/aromatic N) is 4. The van der Waals surface area contributed by atoms with Gasteiger partial charge in [0.1, 0.15) is 47.2 Å². The van der Waals surface area contributed by atoms with Crippen LogP contribution in [0.3, 0.4) is 0 Å². The highest BCUT2D eigenvalue weighted by atomic mass is 79.9. The van der Waals surface area contributed by atoms with Crippen LogP contribution in [0, 0.1) is 0 Å². The Morgan fingerprint density at radius 1 is 0.342 bits per heavy atom. The molecule has 0 aliphatic carbocycles. The second-order valence-electron chi connectivity index (χ2n) is 29.6. The minimum atomic E-state index is -0.658. The number of anilines is 4. The Kier molecular flexibility index (Phi) is 26.4. The Bertz CT molecular complexity index is 5700. The molecule has 4 aliphatic heterocycles. The van der Waals surface area contributed by atoms with Crippen molar-refractivity contribution in [2.24, 2.45) is 20.0 Å². The average molecular weight is 1720 g/mol. The summed E-state index contributed by atoms with van der Waals surface area (Å²) in [5.74, 6) is 0.350. The van der Waals surface area contributed by atoms with Crippen molar-refractivity contribution >= 4 is 143 Å². The molecular weight excluding hydrogens is 1640 g/mol. The summed E-state index contributed by atoms with van der Waals surface area (Å²) < 4.78 is 0.939. The number of carbonyl (C=O) groups is 4. The lowest BCUT2D eigenvalue weighted by Crippen LogP contribution is -2.29. The maximum absolute atomic E-state index is 13.2. The highest BCUT2D eigenvalue weighted by Crippen LogP contribution is 2.37. The zero-order valence-electron chi connectivity index (χ0n) is 64.1. The molecule has 4 heterocycles. The largest absolute Gasteiger partial charge is 0.508 e. The first-order chi connectivity index (χ1) is 56.2. The van der Waals surface area contributed by atoms with Crippen molar-refractivity contribution in [3.63, 3.8) is 0 Å². The van der Waals surface area contributed by atoms with Crippen molar-refractivity contribution in [2.45, 2.75) is 95.8 Å². The van der Waals surface area contributed by atoms with Crippen LogP contribution in [0.1, 0.15) is 118 Å². The molecule has 8 N–H and O–H groups in total. The smallest absolute Gasteiger partial charge is 0.249 e. The van der Waals surface area contributed by atoms with Gasteiger partial charge in [-0.2, -0.15) is 0 Å². The lowest BCUT2D eigenvalue weighted by atomic mass is 9.82. The molecule has 22 heteroatoms. The molecule has 117 heavy (non-hydrogen) atoms. The third-order valence-corrected chi connectivity index (χ3v) is 22.0. The lowest BCUT2D eigenvalue weighted by Gasteiger charge is -2.24. The summed E-state index contributed by atoms with van der Waals surface area (Å²) in [6.45, 7) is 10.8. The number of amides is 4. The number of hydrogen-bond acceptors (Lipinski definition) is 12. The SMILES string of the molecule is CC(C)(C)c1ccccc1CC1N=C(c2ccc(O)cc2)c2cc(Cl)ccc2NC1=O.CC(C)c1ccccc1CC1N=C(c2ccc(O)cc2)c2cc(Cl)ccc2NC1=O.O=C1Nc2ccc(Cl)cc2C(c2ccc(O)cc2)=NC1Cc1ccccc1Br.O=C1Nc2ccc(Cl)cc2C(c2ccc(O)cc2)=NC1Cc1ccccc1Cl. The first-order valence-corrected chi connectivity index (χ1v) is 40.4. The lowest BCUT2D eigenvalue weighted by molar-refractivity contribution is -0.118. The molecule has 4 atom stereocenters. The minimum absolute atomic E-state index is 0.0439. The fraction of sp³-hybridized carbons (Fsp3) is 0.158. The second kappa shape index (κ2) is 37.1. The first-order valence-electron chi connectivity index (χ1n) is 37.7. The Balaban J connectivity index is 0.000000136. The standard InChI is InChI=1S/C26H25ClN2O2.C25H23ClN2O2.C22H16BrClN2O2.C22H16Cl2N2O2/c1-26(2,3)21-7-5-4-6-17(21)14-23-25(31)29-22-13-10-18(27)15-20(22)24(28-23)16-8-11-19(30)12-9-16;1-15(2)20-6-4-3-5-17(20)13-23-25(30)28-22-12-9-18(26)14-21(22)24(27-23)16-7-10-19(29)11-8-16;23-18-4-2-1-3-14(18)11-20-22(28)26-19-10-7-15(24)12-17(19)21(25-20)13-5-8-16(27)9-6-13;23-15-7-10-19-17(12-15)21(13-5-8-16(27)9-6-13)25-20(22(28)26-19)11-14-3-1-2-4-18(14)24/h4-13,15,23,30H,14H2,1-3H3,(H,29,31);3-12,14-15,23,29H,13H2,1-2H3,(H,28,30);2*1-10,12,20,27H,11H2,(H,26,28). The van der Waals surface area contributed by atoms with Gasteiger partial charge in [-0.25, -0.2) is 0 Å². The second-order valence-corrected chi connectivity index (χ2v) is 32.6. The van der Waals surface area contributed by atoms with Gasteiger partial charge in [0.05, 0.1) is 45.6 Å². The summed E-state index contributed by atoms with van der Waals surface area (Å²) in [5.41, 5.74) is 18.0. The van der Waals surface area contributed by atoms with Gasteiger partial charge in [0.25, 0.3) is 0 Å². The summed E-state index contributed by atoms with van der Waals surface area (Å²) in [5, 5.41) is 53.5. The van der Waals surface area contributed by atoms with E-state index in [1.165, 1.54) is 11.1 Å². The molecule has 4 aliphatic rings. The molecule has 12 aromatic rings. The number of phenolic OH excluding ortho intramolecular Hbond substituents is 4. The molecule has 16 nitrogen and oxygen atoms in total. The molecule has 16 rings (SSSR count). The van der Waals surface area contributed by atoms with Crippen LogP contribution in [0.15, 0.2) is 291 Å². The Hall–Kier alpha value is -11.7. The van der Waals surface area contributed by atoms with E-state index < -0.39 is 24.2 Å². The zero-order valence-corrected chi connectivity index (χ0v) is 69.5. The third kappa shape index (κ3) is 20.6. The van der Waals surface area contributed by atoms with Gasteiger partial charge >= 0.3 is 0 Å². The van der Waals surface area contributed by atoms with Gasteiger partial charge in [0.15, 0.2) is 0 Å². The summed E-state index contributed by atoms with van der Waals surface area (Å²) in [4.78, 5) is 71.5. The molecule has 4 amide bonds. The van der Waals surface area contributed by atoms with Crippen molar-refractivity contribution < 1.29 is 39.6 Å². The zero-order chi connectivity index (χ0) is 82.8. The van der Waals surface area contributed by atoms with Crippen LogP contribution in [0.4, 0.5) is 22.7 Å². The van der Waals surface area contributed by atoms with Crippen LogP contribution >= 0.6 is 73.9 Å². The molecule has 12 aromatic carbocycles. The van der Waals surface area contributed by atoms with Crippen molar-refractivity contribution in [1.29, 1.82) is 0 Å². The van der Waals surface area contributed by atoms with Crippen LogP contribution in [0.25, 0.3) is 0 Å². The van der Waals surface area contributed by atoms with E-state index >= 15 is 0 Å². The Morgan fingerprint density at radius 3 is 0.940 bits per heavy atom. The summed E-state index contributed by atoms with van der Waals surface area (Å²) in [7, 11) is 0. The average Bonchev–Trinajstić information content (AvgIpc) is 1.69. The summed E-state index contributed by atoms with van der Waals surface area (Å²) in [6, 6.07) is 77.6. The van der Waals surface area contributed by atoms with E-state index in [1.807, 2.05) is 78.9 Å². The predicted molar refractivity (Wildman–Crippen MR) is 477 cm³/mol. The van der Waals surface area contributed by atoms with E-state index in [9.17, 15) is 39.6 Å². The van der Waals surface area contributed by atoms with E-state index in [2.05, 4.69) is 96.1 Å². The molecule has 0 saturated heterocycles. The van der Waals surface area contributed by atoms with E-state index in [4.69, 9.17) is 78.0 Å². The molecular formula is C95H80BrCl5N8O8. The maximum atomic E-state index is 13.2. The van der Waals surface area contributed by atoms with E-state index in [0.717, 1.165) is 71.2 Å². The van der Waals surface area contributed by atoms with E-state index in [-0.39, 0.29) is 52.0 Å². The molecule has 0 radical (unpaired) electrons. The van der Waals surface area contributed by atoms with Crippen molar-refractivity contribution in [1.82, 2.24) is 0 Å². The van der Waals surface area contributed by atoms with Crippen LogP contribution in [-0.2, 0) is 50.3 Å². The number of carbonyl (C=O) groups excluding carboxylic acids is 4. The fourth-order valence-corrected chi connectivity index (χ4v) is 15.5. The Morgan fingerprint density at radius 2 is 0.615 bits per heavy atom. The van der Waals surface area contributed by atoms with Gasteiger partial charge in [-0.3, -0.25) is 39.1 Å². The number of fused-ring (bicyclic) bond motifs is 4. The molecule has 590 valence electrons. The first kappa shape index (κ1) is 83.3. The highest BCUT2D eigenvalue weighted by molar-refractivity contribution is 9.10. The number of benzodiazepines with no additional fused rings is 4. The van der Waals surface area contributed by atoms with Gasteiger partial charge in [-0.1, -0.05) is 193 Å². The number of nitrogens with one attached hydrogen (secondary N) is 4. The monoisotopic (exact) mass is 1710 g/mol. The number of hydrogen-bond donors (Lipinski definition) is 8. The molecule has 0 fully saturated rings. The van der Waals surface area contributed by atoms with Crippen LogP contribution in [-0.4, -0.2) is 91.1 Å². The molecule has 0 saturated carbocycles.